The number of nitrogens with one attached hydrogen (secondary N) is 1. The summed E-state index contributed by atoms with van der Waals surface area (Å²) >= 11 is 6.13. The number of rotatable bonds is 3. The van der Waals surface area contributed by atoms with E-state index in [9.17, 15) is 9.59 Å². The van der Waals surface area contributed by atoms with E-state index in [0.29, 0.717) is 52.5 Å². The van der Waals surface area contributed by atoms with E-state index in [1.54, 1.807) is 35.0 Å². The molecule has 2 aromatic carbocycles. The van der Waals surface area contributed by atoms with Crippen LogP contribution in [0, 0.1) is 6.92 Å². The number of hydrogen-bond acceptors (Lipinski definition) is 5. The highest BCUT2D eigenvalue weighted by Gasteiger charge is 2.36. The number of hydrogen-bond donors (Lipinski definition) is 1. The zero-order valence-electron chi connectivity index (χ0n) is 16.1. The van der Waals surface area contributed by atoms with E-state index >= 15 is 0 Å². The number of ketones is 1. The molecule has 0 aliphatic carbocycles. The second-order valence-corrected chi connectivity index (χ2v) is 7.70. The number of carbonyl (C=O) groups excluding carboxylic acids is 2. The van der Waals surface area contributed by atoms with E-state index in [1.165, 1.54) is 0 Å². The minimum Gasteiger partial charge on any atom is -0.486 e. The van der Waals surface area contributed by atoms with Gasteiger partial charge < -0.3 is 14.8 Å². The molecule has 0 radical (unpaired) electrons. The third-order valence-electron chi connectivity index (χ3n) is 5.30. The first-order chi connectivity index (χ1) is 14.5. The quantitative estimate of drug-likeness (QED) is 0.646. The molecule has 3 heterocycles. The highest BCUT2D eigenvalue weighted by atomic mass is 35.5. The van der Waals surface area contributed by atoms with E-state index < -0.39 is 5.92 Å². The Morgan fingerprint density at radius 2 is 1.97 bits per heavy atom. The minimum atomic E-state index is -0.635. The molecule has 0 fully saturated rings. The van der Waals surface area contributed by atoms with Gasteiger partial charge in [-0.15, -0.1) is 0 Å². The van der Waals surface area contributed by atoms with Gasteiger partial charge in [-0.05, 0) is 43.3 Å². The van der Waals surface area contributed by atoms with Crippen molar-refractivity contribution in [3.8, 4) is 17.2 Å². The normalized spacial score (nSPS) is 17.3. The van der Waals surface area contributed by atoms with Gasteiger partial charge in [0.05, 0.1) is 17.3 Å². The number of nitrogens with zero attached hydrogens (tertiary/aromatic N) is 2. The second kappa shape index (κ2) is 7.18. The van der Waals surface area contributed by atoms with Crippen molar-refractivity contribution in [2.24, 2.45) is 0 Å². The molecule has 1 N–H and O–H groups in total. The average Bonchev–Trinajstić information content (AvgIpc) is 3.08. The van der Waals surface area contributed by atoms with Gasteiger partial charge in [0.15, 0.2) is 17.3 Å². The van der Waals surface area contributed by atoms with Gasteiger partial charge in [0.25, 0.3) is 0 Å². The van der Waals surface area contributed by atoms with Crippen LogP contribution >= 0.6 is 11.6 Å². The summed E-state index contributed by atoms with van der Waals surface area (Å²) in [5.41, 5.74) is 2.58. The Balaban J connectivity index is 1.57. The number of halogens is 1. The predicted octanol–water partition coefficient (Wildman–Crippen LogP) is 3.91. The minimum absolute atomic E-state index is 0.0579. The third kappa shape index (κ3) is 3.11. The molecular weight excluding hydrogens is 406 g/mol. The van der Waals surface area contributed by atoms with Crippen molar-refractivity contribution in [2.45, 2.75) is 19.3 Å². The lowest BCUT2D eigenvalue weighted by atomic mass is 9.85. The standard InChI is InChI=1S/C22H18ClN3O4/c1-12-20-16(21(28)13-5-6-17-18(9-13)30-8-7-29-17)11-19(27)24-22(20)26(25-12)15-4-2-3-14(23)10-15/h2-6,9-10,16H,7-8,11H2,1H3,(H,24,27)/t16-/m0/s1. The highest BCUT2D eigenvalue weighted by molar-refractivity contribution is 6.30. The van der Waals surface area contributed by atoms with Gasteiger partial charge in [-0.25, -0.2) is 4.68 Å². The second-order valence-electron chi connectivity index (χ2n) is 7.27. The van der Waals surface area contributed by atoms with Crippen LogP contribution in [0.25, 0.3) is 5.69 Å². The predicted molar refractivity (Wildman–Crippen MR) is 111 cm³/mol. The molecule has 0 saturated heterocycles. The summed E-state index contributed by atoms with van der Waals surface area (Å²) in [4.78, 5) is 25.9. The average molecular weight is 424 g/mol. The van der Waals surface area contributed by atoms with Crippen molar-refractivity contribution < 1.29 is 19.1 Å². The van der Waals surface area contributed by atoms with Gasteiger partial charge in [-0.3, -0.25) is 9.59 Å². The molecule has 30 heavy (non-hydrogen) atoms. The van der Waals surface area contributed by atoms with Crippen LogP contribution in [0.15, 0.2) is 42.5 Å². The number of ether oxygens (including phenoxy) is 2. The summed E-state index contributed by atoms with van der Waals surface area (Å²) in [6.45, 7) is 2.75. The van der Waals surface area contributed by atoms with Crippen molar-refractivity contribution in [3.05, 3.63) is 64.3 Å². The van der Waals surface area contributed by atoms with Crippen molar-refractivity contribution in [3.63, 3.8) is 0 Å². The number of carbonyl (C=O) groups is 2. The zero-order chi connectivity index (χ0) is 20.8. The molecule has 152 valence electrons. The number of anilines is 1. The third-order valence-corrected chi connectivity index (χ3v) is 5.53. The first kappa shape index (κ1) is 18.7. The number of aryl methyl sites for hydroxylation is 1. The largest absolute Gasteiger partial charge is 0.486 e. The fraction of sp³-hybridized carbons (Fsp3) is 0.227. The molecule has 0 saturated carbocycles. The molecule has 0 spiro atoms. The van der Waals surface area contributed by atoms with Crippen LogP contribution < -0.4 is 14.8 Å². The Kier molecular flexibility index (Phi) is 4.47. The van der Waals surface area contributed by atoms with E-state index in [-0.39, 0.29) is 18.1 Å². The van der Waals surface area contributed by atoms with Crippen LogP contribution in [-0.2, 0) is 4.79 Å². The van der Waals surface area contributed by atoms with Crippen LogP contribution in [0.5, 0.6) is 11.5 Å². The molecule has 1 atom stereocenters. The topological polar surface area (TPSA) is 82.5 Å². The molecule has 1 aromatic heterocycles. The number of fused-ring (bicyclic) bond motifs is 2. The maximum absolute atomic E-state index is 13.4. The van der Waals surface area contributed by atoms with Crippen molar-refractivity contribution in [1.29, 1.82) is 0 Å². The molecule has 7 nitrogen and oxygen atoms in total. The Hall–Kier alpha value is -3.32. The Labute approximate surface area is 177 Å². The monoisotopic (exact) mass is 423 g/mol. The fourth-order valence-electron chi connectivity index (χ4n) is 3.96. The number of aromatic nitrogens is 2. The Morgan fingerprint density at radius 1 is 1.17 bits per heavy atom. The van der Waals surface area contributed by atoms with Crippen LogP contribution in [0.4, 0.5) is 5.82 Å². The van der Waals surface area contributed by atoms with Crippen LogP contribution in [-0.4, -0.2) is 34.7 Å². The van der Waals surface area contributed by atoms with Gasteiger partial charge in [-0.2, -0.15) is 5.10 Å². The lowest BCUT2D eigenvalue weighted by Crippen LogP contribution is -2.28. The maximum atomic E-state index is 13.4. The summed E-state index contributed by atoms with van der Waals surface area (Å²) in [6.07, 6.45) is 0.0579. The highest BCUT2D eigenvalue weighted by Crippen LogP contribution is 2.40. The van der Waals surface area contributed by atoms with Crippen molar-refractivity contribution >= 4 is 29.1 Å². The van der Waals surface area contributed by atoms with Gasteiger partial charge in [-0.1, -0.05) is 17.7 Å². The summed E-state index contributed by atoms with van der Waals surface area (Å²) in [7, 11) is 0. The summed E-state index contributed by atoms with van der Waals surface area (Å²) < 4.78 is 12.8. The Bertz CT molecular complexity index is 1190. The molecule has 3 aromatic rings. The van der Waals surface area contributed by atoms with Crippen molar-refractivity contribution in [2.75, 3.05) is 18.5 Å². The smallest absolute Gasteiger partial charge is 0.226 e. The number of benzene rings is 2. The first-order valence-corrected chi connectivity index (χ1v) is 9.98. The van der Waals surface area contributed by atoms with Crippen LogP contribution in [0.3, 0.4) is 0 Å². The van der Waals surface area contributed by atoms with E-state index in [4.69, 9.17) is 21.1 Å². The van der Waals surface area contributed by atoms with Crippen molar-refractivity contribution in [1.82, 2.24) is 9.78 Å². The van der Waals surface area contributed by atoms with E-state index in [0.717, 1.165) is 5.56 Å². The molecular formula is C22H18ClN3O4. The first-order valence-electron chi connectivity index (χ1n) is 9.60. The lowest BCUT2D eigenvalue weighted by Gasteiger charge is -2.24. The lowest BCUT2D eigenvalue weighted by molar-refractivity contribution is -0.116. The summed E-state index contributed by atoms with van der Waals surface area (Å²) in [5, 5.41) is 8.01. The van der Waals surface area contributed by atoms with Crippen LogP contribution in [0.2, 0.25) is 5.02 Å². The van der Waals surface area contributed by atoms with E-state index in [1.807, 2.05) is 19.1 Å². The molecule has 2 aliphatic rings. The summed E-state index contributed by atoms with van der Waals surface area (Å²) in [5.74, 6) is 0.633. The van der Waals surface area contributed by atoms with Gasteiger partial charge in [0.2, 0.25) is 5.91 Å². The molecule has 0 unspecified atom stereocenters. The molecule has 8 heteroatoms. The maximum Gasteiger partial charge on any atom is 0.226 e. The number of amides is 1. The van der Waals surface area contributed by atoms with Gasteiger partial charge in [0.1, 0.15) is 19.0 Å². The van der Waals surface area contributed by atoms with Crippen LogP contribution in [0.1, 0.15) is 34.0 Å². The molecule has 0 bridgehead atoms. The van der Waals surface area contributed by atoms with Gasteiger partial charge in [0, 0.05) is 22.6 Å². The molecule has 2 aliphatic heterocycles. The summed E-state index contributed by atoms with van der Waals surface area (Å²) in [6, 6.07) is 12.3. The van der Waals surface area contributed by atoms with E-state index in [2.05, 4.69) is 10.4 Å². The zero-order valence-corrected chi connectivity index (χ0v) is 16.9. The van der Waals surface area contributed by atoms with Gasteiger partial charge >= 0.3 is 0 Å². The molecule has 5 rings (SSSR count). The Morgan fingerprint density at radius 3 is 2.77 bits per heavy atom. The SMILES string of the molecule is Cc1nn(-c2cccc(Cl)c2)c2c1[C@@H](C(=O)c1ccc3c(c1)OCCO3)CC(=O)N2. The molecule has 1 amide bonds. The number of Topliss-reactive ketones (excluding diaryl/α,β-unsaturated/α-hetero) is 1. The fourth-order valence-corrected chi connectivity index (χ4v) is 4.15.